The van der Waals surface area contributed by atoms with Crippen molar-refractivity contribution in [3.63, 3.8) is 0 Å². The molecule has 0 saturated heterocycles. The van der Waals surface area contributed by atoms with E-state index in [1.165, 1.54) is 13.0 Å². The molecule has 14 heavy (non-hydrogen) atoms. The Balaban J connectivity index is 3.33. The number of Topliss-reactive ketones (excluding diaryl/α,β-unsaturated/α-hetero) is 1. The molecule has 0 atom stereocenters. The Morgan fingerprint density at radius 2 is 2.00 bits per heavy atom. The van der Waals surface area contributed by atoms with Gasteiger partial charge in [0.05, 0.1) is 10.6 Å². The van der Waals surface area contributed by atoms with Gasteiger partial charge < -0.3 is 0 Å². The molecule has 1 aromatic carbocycles. The van der Waals surface area contributed by atoms with Gasteiger partial charge in [0.25, 0.3) is 0 Å². The van der Waals surface area contributed by atoms with E-state index in [2.05, 4.69) is 0 Å². The van der Waals surface area contributed by atoms with Gasteiger partial charge in [-0.1, -0.05) is 17.7 Å². The monoisotopic (exact) mass is 222 g/mol. The lowest BCUT2D eigenvalue weighted by molar-refractivity contribution is 0.0674. The van der Waals surface area contributed by atoms with Crippen molar-refractivity contribution in [3.05, 3.63) is 34.1 Å². The number of alkyl halides is 2. The summed E-state index contributed by atoms with van der Waals surface area (Å²) in [4.78, 5) is 10.9. The van der Waals surface area contributed by atoms with Crippen LogP contribution in [-0.2, 0) is 0 Å². The van der Waals surface area contributed by atoms with Crippen LogP contribution < -0.4 is 0 Å². The van der Waals surface area contributed by atoms with Gasteiger partial charge in [-0.25, -0.2) is 13.2 Å². The van der Waals surface area contributed by atoms with Crippen molar-refractivity contribution in [1.29, 1.82) is 0 Å². The highest BCUT2D eigenvalue weighted by atomic mass is 35.5. The van der Waals surface area contributed by atoms with Crippen molar-refractivity contribution in [2.24, 2.45) is 0 Å². The molecule has 0 amide bonds. The Kier molecular flexibility index (Phi) is 3.16. The molecule has 0 N–H and O–H groups in total. The Morgan fingerprint density at radius 1 is 1.43 bits per heavy atom. The summed E-state index contributed by atoms with van der Waals surface area (Å²) in [5.74, 6) is -2.61. The van der Waals surface area contributed by atoms with Gasteiger partial charge in [-0.3, -0.25) is 4.79 Å². The normalized spacial score (nSPS) is 10.7. The molecule has 0 aliphatic carbocycles. The lowest BCUT2D eigenvalue weighted by Crippen LogP contribution is -2.13. The second-order valence-electron chi connectivity index (χ2n) is 2.72. The fourth-order valence-corrected chi connectivity index (χ4v) is 1.24. The first-order valence-electron chi connectivity index (χ1n) is 3.72. The van der Waals surface area contributed by atoms with Crippen LogP contribution in [0.15, 0.2) is 12.1 Å². The standard InChI is InChI=1S/C9H6ClF3O/c1-4-2-3-5(11)6(7(4)10)8(14)9(12)13/h2-3,9H,1H3. The number of carbonyl (C=O) groups is 1. The van der Waals surface area contributed by atoms with Crippen LogP contribution in [0.4, 0.5) is 13.2 Å². The summed E-state index contributed by atoms with van der Waals surface area (Å²) >= 11 is 5.54. The molecule has 5 heteroatoms. The van der Waals surface area contributed by atoms with Crippen LogP contribution in [0.1, 0.15) is 15.9 Å². The van der Waals surface area contributed by atoms with Crippen molar-refractivity contribution < 1.29 is 18.0 Å². The van der Waals surface area contributed by atoms with Gasteiger partial charge in [-0.05, 0) is 18.6 Å². The van der Waals surface area contributed by atoms with Crippen LogP contribution in [0.25, 0.3) is 0 Å². The molecule has 0 radical (unpaired) electrons. The van der Waals surface area contributed by atoms with Crippen LogP contribution in [0, 0.1) is 12.7 Å². The van der Waals surface area contributed by atoms with Gasteiger partial charge in [0, 0.05) is 0 Å². The fraction of sp³-hybridized carbons (Fsp3) is 0.222. The molecule has 0 bridgehead atoms. The first-order valence-corrected chi connectivity index (χ1v) is 4.10. The highest BCUT2D eigenvalue weighted by Crippen LogP contribution is 2.25. The van der Waals surface area contributed by atoms with E-state index in [1.807, 2.05) is 0 Å². The molecule has 0 fully saturated rings. The van der Waals surface area contributed by atoms with Crippen LogP contribution in [0.5, 0.6) is 0 Å². The molecule has 0 heterocycles. The number of rotatable bonds is 2. The minimum absolute atomic E-state index is 0.254. The maximum absolute atomic E-state index is 13.0. The summed E-state index contributed by atoms with van der Waals surface area (Å²) < 4.78 is 37.1. The molecular formula is C9H6ClF3O. The maximum Gasteiger partial charge on any atom is 0.300 e. The SMILES string of the molecule is Cc1ccc(F)c(C(=O)C(F)F)c1Cl. The number of aryl methyl sites for hydroxylation is 1. The molecule has 0 aliphatic rings. The molecule has 1 nitrogen and oxygen atoms in total. The topological polar surface area (TPSA) is 17.1 Å². The predicted octanol–water partition coefficient (Wildman–Crippen LogP) is 3.24. The third-order valence-corrected chi connectivity index (χ3v) is 2.22. The van der Waals surface area contributed by atoms with E-state index >= 15 is 0 Å². The van der Waals surface area contributed by atoms with Crippen LogP contribution >= 0.6 is 11.6 Å². The number of hydrogen-bond acceptors (Lipinski definition) is 1. The lowest BCUT2D eigenvalue weighted by atomic mass is 10.1. The molecule has 1 rings (SSSR count). The number of carbonyl (C=O) groups excluding carboxylic acids is 1. The van der Waals surface area contributed by atoms with Gasteiger partial charge >= 0.3 is 6.43 Å². The van der Waals surface area contributed by atoms with Crippen molar-refractivity contribution >= 4 is 17.4 Å². The number of benzene rings is 1. The van der Waals surface area contributed by atoms with Gasteiger partial charge in [0.15, 0.2) is 0 Å². The second-order valence-corrected chi connectivity index (χ2v) is 3.10. The summed E-state index contributed by atoms with van der Waals surface area (Å²) in [6.07, 6.45) is -3.25. The van der Waals surface area contributed by atoms with Gasteiger partial charge in [-0.2, -0.15) is 0 Å². The molecule has 76 valence electrons. The van der Waals surface area contributed by atoms with Crippen molar-refractivity contribution in [3.8, 4) is 0 Å². The molecule has 0 aliphatic heterocycles. The van der Waals surface area contributed by atoms with Crippen LogP contribution in [-0.4, -0.2) is 12.2 Å². The highest BCUT2D eigenvalue weighted by Gasteiger charge is 2.24. The van der Waals surface area contributed by atoms with Gasteiger partial charge in [0.1, 0.15) is 5.82 Å². The smallest absolute Gasteiger partial charge is 0.288 e. The van der Waals surface area contributed by atoms with E-state index in [-0.39, 0.29) is 5.02 Å². The van der Waals surface area contributed by atoms with Crippen molar-refractivity contribution in [2.75, 3.05) is 0 Å². The quantitative estimate of drug-likeness (QED) is 0.702. The molecular weight excluding hydrogens is 217 g/mol. The fourth-order valence-electron chi connectivity index (χ4n) is 0.992. The van der Waals surface area contributed by atoms with E-state index in [4.69, 9.17) is 11.6 Å². The Labute approximate surface area is 83.5 Å². The molecule has 0 saturated carbocycles. The second kappa shape index (κ2) is 4.00. The van der Waals surface area contributed by atoms with Gasteiger partial charge in [0.2, 0.25) is 5.78 Å². The molecule has 0 unspecified atom stereocenters. The largest absolute Gasteiger partial charge is 0.300 e. The number of hydrogen-bond donors (Lipinski definition) is 0. The average molecular weight is 223 g/mol. The van der Waals surface area contributed by atoms with Crippen LogP contribution in [0.2, 0.25) is 5.02 Å². The summed E-state index contributed by atoms with van der Waals surface area (Å²) in [5.41, 5.74) is -0.348. The van der Waals surface area contributed by atoms with Crippen LogP contribution in [0.3, 0.4) is 0 Å². The Bertz CT molecular complexity index is 377. The Hall–Kier alpha value is -1.03. The third-order valence-electron chi connectivity index (χ3n) is 1.73. The van der Waals surface area contributed by atoms with E-state index in [1.54, 1.807) is 0 Å². The van der Waals surface area contributed by atoms with E-state index in [0.717, 1.165) is 6.07 Å². The first kappa shape index (κ1) is 11.0. The van der Waals surface area contributed by atoms with Crippen molar-refractivity contribution in [1.82, 2.24) is 0 Å². The molecule has 1 aromatic rings. The summed E-state index contributed by atoms with van der Waals surface area (Å²) in [5, 5.41) is -0.254. The maximum atomic E-state index is 13.0. The molecule has 0 aromatic heterocycles. The highest BCUT2D eigenvalue weighted by molar-refractivity contribution is 6.34. The zero-order chi connectivity index (χ0) is 10.9. The minimum atomic E-state index is -3.25. The first-order chi connectivity index (χ1) is 6.45. The lowest BCUT2D eigenvalue weighted by Gasteiger charge is -2.06. The summed E-state index contributed by atoms with van der Waals surface area (Å²) in [6, 6.07) is 2.26. The third kappa shape index (κ3) is 1.90. The summed E-state index contributed by atoms with van der Waals surface area (Å²) in [6.45, 7) is 1.50. The number of halogens is 4. The van der Waals surface area contributed by atoms with Gasteiger partial charge in [-0.15, -0.1) is 0 Å². The van der Waals surface area contributed by atoms with Crippen molar-refractivity contribution in [2.45, 2.75) is 13.3 Å². The zero-order valence-electron chi connectivity index (χ0n) is 7.15. The Morgan fingerprint density at radius 3 is 2.50 bits per heavy atom. The van der Waals surface area contributed by atoms with E-state index < -0.39 is 23.6 Å². The zero-order valence-corrected chi connectivity index (χ0v) is 7.91. The minimum Gasteiger partial charge on any atom is -0.288 e. The molecule has 0 spiro atoms. The average Bonchev–Trinajstić information content (AvgIpc) is 2.12. The predicted molar refractivity (Wildman–Crippen MR) is 46.5 cm³/mol. The van der Waals surface area contributed by atoms with E-state index in [9.17, 15) is 18.0 Å². The summed E-state index contributed by atoms with van der Waals surface area (Å²) in [7, 11) is 0. The number of ketones is 1. The van der Waals surface area contributed by atoms with E-state index in [0.29, 0.717) is 5.56 Å².